The highest BCUT2D eigenvalue weighted by molar-refractivity contribution is 7.71. The van der Waals surface area contributed by atoms with Crippen molar-refractivity contribution in [2.24, 2.45) is 0 Å². The fourth-order valence-corrected chi connectivity index (χ4v) is 2.72. The summed E-state index contributed by atoms with van der Waals surface area (Å²) in [5.41, 5.74) is 4.11. The molecule has 2 aromatic carbocycles. The first-order chi connectivity index (χ1) is 9.54. The smallest absolute Gasteiger partial charge is 0.178 e. The van der Waals surface area contributed by atoms with Gasteiger partial charge in [-0.15, -0.1) is 0 Å². The summed E-state index contributed by atoms with van der Waals surface area (Å²) >= 11 is 11.2. The molecule has 0 atom stereocenters. The summed E-state index contributed by atoms with van der Waals surface area (Å²) in [6.45, 7) is 2.59. The number of aryl methyl sites for hydroxylation is 1. The second-order valence-electron chi connectivity index (χ2n) is 4.79. The van der Waals surface area contributed by atoms with Gasteiger partial charge in [0.15, 0.2) is 4.77 Å². The number of halogens is 2. The first-order valence-electron chi connectivity index (χ1n) is 6.18. The van der Waals surface area contributed by atoms with E-state index in [9.17, 15) is 4.39 Å². The molecule has 102 valence electrons. The van der Waals surface area contributed by atoms with Crippen LogP contribution in [0.5, 0.6) is 0 Å². The van der Waals surface area contributed by atoms with Gasteiger partial charge in [0.25, 0.3) is 0 Å². The number of fused-ring (bicyclic) bond motifs is 1. The minimum absolute atomic E-state index is 0.130. The zero-order valence-corrected chi connectivity index (χ0v) is 12.4. The number of benzene rings is 2. The maximum Gasteiger partial charge on any atom is 0.178 e. The maximum atomic E-state index is 13.2. The Bertz CT molecular complexity index is 851. The minimum atomic E-state index is -0.409. The van der Waals surface area contributed by atoms with E-state index in [1.807, 2.05) is 23.6 Å². The van der Waals surface area contributed by atoms with Crippen LogP contribution in [0.4, 0.5) is 4.39 Å². The second-order valence-corrected chi connectivity index (χ2v) is 5.58. The predicted octanol–water partition coefficient (Wildman–Crippen LogP) is 4.85. The van der Waals surface area contributed by atoms with Gasteiger partial charge in [-0.25, -0.2) is 4.39 Å². The van der Waals surface area contributed by atoms with Crippen molar-refractivity contribution >= 4 is 34.9 Å². The molecule has 0 aliphatic heterocycles. The highest BCUT2D eigenvalue weighted by Crippen LogP contribution is 2.20. The van der Waals surface area contributed by atoms with Crippen LogP contribution in [-0.4, -0.2) is 9.55 Å². The molecule has 0 saturated carbocycles. The third-order valence-electron chi connectivity index (χ3n) is 3.26. The number of imidazole rings is 1. The number of rotatable bonds is 2. The first kappa shape index (κ1) is 13.3. The van der Waals surface area contributed by atoms with Crippen LogP contribution >= 0.6 is 23.8 Å². The Balaban J connectivity index is 2.10. The first-order valence-corrected chi connectivity index (χ1v) is 6.96. The van der Waals surface area contributed by atoms with Crippen molar-refractivity contribution in [1.82, 2.24) is 9.55 Å². The van der Waals surface area contributed by atoms with Crippen LogP contribution < -0.4 is 0 Å². The van der Waals surface area contributed by atoms with E-state index in [2.05, 4.69) is 11.1 Å². The lowest BCUT2D eigenvalue weighted by Crippen LogP contribution is -2.00. The summed E-state index contributed by atoms with van der Waals surface area (Å²) in [5, 5.41) is 0.130. The Morgan fingerprint density at radius 2 is 2.05 bits per heavy atom. The van der Waals surface area contributed by atoms with E-state index >= 15 is 0 Å². The van der Waals surface area contributed by atoms with Gasteiger partial charge in [-0.2, -0.15) is 0 Å². The molecule has 1 N–H and O–H groups in total. The fraction of sp³-hybridized carbons (Fsp3) is 0.133. The zero-order valence-electron chi connectivity index (χ0n) is 10.8. The average Bonchev–Trinajstić information content (AvgIpc) is 2.70. The number of H-pyrrole nitrogens is 1. The van der Waals surface area contributed by atoms with Crippen molar-refractivity contribution in [2.45, 2.75) is 13.5 Å². The summed E-state index contributed by atoms with van der Waals surface area (Å²) in [6, 6.07) is 10.8. The van der Waals surface area contributed by atoms with Crippen LogP contribution in [0.15, 0.2) is 36.4 Å². The molecule has 0 radical (unpaired) electrons. The number of aromatic nitrogens is 2. The Morgan fingerprint density at radius 1 is 1.25 bits per heavy atom. The maximum absolute atomic E-state index is 13.2. The lowest BCUT2D eigenvalue weighted by molar-refractivity contribution is 0.627. The molecule has 0 unspecified atom stereocenters. The number of hydrogen-bond acceptors (Lipinski definition) is 1. The van der Waals surface area contributed by atoms with Crippen molar-refractivity contribution in [3.63, 3.8) is 0 Å². The van der Waals surface area contributed by atoms with Gasteiger partial charge in [0.2, 0.25) is 0 Å². The number of hydrogen-bond donors (Lipinski definition) is 1. The molecule has 3 aromatic rings. The molecule has 3 rings (SSSR count). The molecule has 0 aliphatic rings. The monoisotopic (exact) mass is 306 g/mol. The molecule has 1 heterocycles. The SMILES string of the molecule is Cc1ccc2[nH]c(=S)n(Cc3ccc(F)c(Cl)c3)c2c1. The molecular weight excluding hydrogens is 295 g/mol. The summed E-state index contributed by atoms with van der Waals surface area (Å²) < 4.78 is 15.8. The molecule has 0 fully saturated rings. The van der Waals surface area contributed by atoms with E-state index in [1.165, 1.54) is 6.07 Å². The molecule has 1 aromatic heterocycles. The molecule has 0 aliphatic carbocycles. The second kappa shape index (κ2) is 5.04. The van der Waals surface area contributed by atoms with E-state index in [0.29, 0.717) is 11.3 Å². The Kier molecular flexibility index (Phi) is 3.36. The van der Waals surface area contributed by atoms with Crippen molar-refractivity contribution in [3.05, 3.63) is 63.1 Å². The Labute approximate surface area is 125 Å². The van der Waals surface area contributed by atoms with Crippen molar-refractivity contribution < 1.29 is 4.39 Å². The minimum Gasteiger partial charge on any atom is -0.331 e. The van der Waals surface area contributed by atoms with E-state index < -0.39 is 5.82 Å². The van der Waals surface area contributed by atoms with Crippen LogP contribution in [0.25, 0.3) is 11.0 Å². The van der Waals surface area contributed by atoms with Gasteiger partial charge in [0.1, 0.15) is 5.82 Å². The molecule has 0 bridgehead atoms. The lowest BCUT2D eigenvalue weighted by atomic mass is 10.2. The Morgan fingerprint density at radius 3 is 2.80 bits per heavy atom. The zero-order chi connectivity index (χ0) is 14.3. The van der Waals surface area contributed by atoms with Crippen LogP contribution in [0.2, 0.25) is 5.02 Å². The van der Waals surface area contributed by atoms with Gasteiger partial charge in [-0.1, -0.05) is 23.7 Å². The van der Waals surface area contributed by atoms with Crippen LogP contribution in [0, 0.1) is 17.5 Å². The summed E-state index contributed by atoms with van der Waals surface area (Å²) in [6.07, 6.45) is 0. The van der Waals surface area contributed by atoms with Crippen molar-refractivity contribution in [2.75, 3.05) is 0 Å². The van der Waals surface area contributed by atoms with E-state index in [0.717, 1.165) is 22.2 Å². The summed E-state index contributed by atoms with van der Waals surface area (Å²) in [5.74, 6) is -0.409. The Hall–Kier alpha value is -1.65. The molecule has 20 heavy (non-hydrogen) atoms. The quantitative estimate of drug-likeness (QED) is 0.671. The van der Waals surface area contributed by atoms with E-state index in [1.54, 1.807) is 12.1 Å². The van der Waals surface area contributed by atoms with Gasteiger partial charge >= 0.3 is 0 Å². The standard InChI is InChI=1S/C15H12ClFN2S/c1-9-2-5-13-14(6-9)19(15(20)18-13)8-10-3-4-12(17)11(16)7-10/h2-7H,8H2,1H3,(H,18,20). The van der Waals surface area contributed by atoms with Crippen LogP contribution in [0.1, 0.15) is 11.1 Å². The van der Waals surface area contributed by atoms with E-state index in [-0.39, 0.29) is 5.02 Å². The van der Waals surface area contributed by atoms with Crippen molar-refractivity contribution in [1.29, 1.82) is 0 Å². The molecule has 5 heteroatoms. The predicted molar refractivity (Wildman–Crippen MR) is 82.4 cm³/mol. The van der Waals surface area contributed by atoms with Gasteiger partial charge in [-0.3, -0.25) is 0 Å². The normalized spacial score (nSPS) is 11.2. The highest BCUT2D eigenvalue weighted by atomic mass is 35.5. The van der Waals surface area contributed by atoms with Crippen LogP contribution in [-0.2, 0) is 6.54 Å². The lowest BCUT2D eigenvalue weighted by Gasteiger charge is -2.06. The average molecular weight is 307 g/mol. The topological polar surface area (TPSA) is 20.7 Å². The fourth-order valence-electron chi connectivity index (χ4n) is 2.24. The van der Waals surface area contributed by atoms with Crippen LogP contribution in [0.3, 0.4) is 0 Å². The number of nitrogens with zero attached hydrogens (tertiary/aromatic N) is 1. The van der Waals surface area contributed by atoms with Crippen molar-refractivity contribution in [3.8, 4) is 0 Å². The summed E-state index contributed by atoms with van der Waals surface area (Å²) in [4.78, 5) is 3.17. The molecule has 0 saturated heterocycles. The molecule has 0 spiro atoms. The van der Waals surface area contributed by atoms with Gasteiger partial charge in [-0.05, 0) is 54.5 Å². The summed E-state index contributed by atoms with van der Waals surface area (Å²) in [7, 11) is 0. The largest absolute Gasteiger partial charge is 0.331 e. The number of aromatic amines is 1. The van der Waals surface area contributed by atoms with Gasteiger partial charge in [0, 0.05) is 0 Å². The highest BCUT2D eigenvalue weighted by Gasteiger charge is 2.07. The van der Waals surface area contributed by atoms with Gasteiger partial charge < -0.3 is 9.55 Å². The molecule has 0 amide bonds. The molecular formula is C15H12ClFN2S. The molecule has 2 nitrogen and oxygen atoms in total. The van der Waals surface area contributed by atoms with Gasteiger partial charge in [0.05, 0.1) is 22.6 Å². The number of nitrogens with one attached hydrogen (secondary N) is 1. The van der Waals surface area contributed by atoms with E-state index in [4.69, 9.17) is 23.8 Å². The third kappa shape index (κ3) is 2.37. The third-order valence-corrected chi connectivity index (χ3v) is 3.87.